The Labute approximate surface area is 167 Å². The Balaban J connectivity index is 1.73. The van der Waals surface area contributed by atoms with Crippen LogP contribution in [0.1, 0.15) is 25.8 Å². The van der Waals surface area contributed by atoms with Gasteiger partial charge in [0.2, 0.25) is 10.0 Å². The summed E-state index contributed by atoms with van der Waals surface area (Å²) in [5, 5.41) is 4.18. The topological polar surface area (TPSA) is 71.3 Å². The van der Waals surface area contributed by atoms with E-state index in [1.165, 1.54) is 0 Å². The van der Waals surface area contributed by atoms with Crippen molar-refractivity contribution in [2.75, 3.05) is 13.1 Å². The van der Waals surface area contributed by atoms with Crippen molar-refractivity contribution < 1.29 is 12.8 Å². The number of rotatable bonds is 10. The molecule has 6 heteroatoms. The van der Waals surface area contributed by atoms with E-state index < -0.39 is 10.0 Å². The minimum atomic E-state index is -3.62. The van der Waals surface area contributed by atoms with E-state index in [1.54, 1.807) is 30.5 Å². The fraction of sp³-hybridized carbons (Fsp3) is 0.364. The largest absolute Gasteiger partial charge is 0.464 e. The smallest absolute Gasteiger partial charge is 0.240 e. The van der Waals surface area contributed by atoms with Gasteiger partial charge < -0.3 is 9.73 Å². The van der Waals surface area contributed by atoms with Crippen molar-refractivity contribution in [1.29, 1.82) is 0 Å². The highest BCUT2D eigenvalue weighted by Crippen LogP contribution is 2.20. The molecular formula is C22H28N2O3S. The molecule has 0 aliphatic carbocycles. The molecule has 1 heterocycles. The van der Waals surface area contributed by atoms with Crippen molar-refractivity contribution in [3.63, 3.8) is 0 Å². The number of hydrogen-bond donors (Lipinski definition) is 2. The zero-order valence-electron chi connectivity index (χ0n) is 16.4. The van der Waals surface area contributed by atoms with Gasteiger partial charge in [-0.05, 0) is 61.7 Å². The molecular weight excluding hydrogens is 372 g/mol. The highest BCUT2D eigenvalue weighted by atomic mass is 32.2. The number of furan rings is 1. The first-order valence-corrected chi connectivity index (χ1v) is 11.2. The van der Waals surface area contributed by atoms with E-state index in [0.717, 1.165) is 30.5 Å². The Bertz CT molecular complexity index is 981. The normalized spacial score (nSPS) is 13.2. The molecule has 150 valence electrons. The SMILES string of the molecule is CC(C)CNCC[C@H](Cc1ccccc1)NS(=O)(=O)c1ccc2occc2c1. The summed E-state index contributed by atoms with van der Waals surface area (Å²) in [6.45, 7) is 5.99. The molecule has 0 aliphatic heterocycles. The summed E-state index contributed by atoms with van der Waals surface area (Å²) in [5.41, 5.74) is 1.79. The van der Waals surface area contributed by atoms with Crippen LogP contribution in [0.15, 0.2) is 70.2 Å². The number of sulfonamides is 1. The first kappa shape index (κ1) is 20.6. The summed E-state index contributed by atoms with van der Waals surface area (Å²) in [7, 11) is -3.62. The van der Waals surface area contributed by atoms with Crippen molar-refractivity contribution in [3.05, 3.63) is 66.4 Å². The molecule has 0 amide bonds. The van der Waals surface area contributed by atoms with Crippen LogP contribution in [-0.4, -0.2) is 27.5 Å². The Kier molecular flexibility index (Phi) is 6.88. The quantitative estimate of drug-likeness (QED) is 0.506. The molecule has 2 N–H and O–H groups in total. The van der Waals surface area contributed by atoms with Crippen molar-refractivity contribution in [2.45, 2.75) is 37.6 Å². The second-order valence-electron chi connectivity index (χ2n) is 7.51. The minimum Gasteiger partial charge on any atom is -0.464 e. The Morgan fingerprint density at radius 1 is 1.04 bits per heavy atom. The number of nitrogens with one attached hydrogen (secondary N) is 2. The summed E-state index contributed by atoms with van der Waals surface area (Å²) in [5.74, 6) is 0.561. The molecule has 0 saturated heterocycles. The second-order valence-corrected chi connectivity index (χ2v) is 9.23. The van der Waals surface area contributed by atoms with E-state index in [1.807, 2.05) is 30.3 Å². The second kappa shape index (κ2) is 9.37. The molecule has 0 fully saturated rings. The molecule has 5 nitrogen and oxygen atoms in total. The molecule has 3 rings (SSSR count). The van der Waals surface area contributed by atoms with Gasteiger partial charge in [0, 0.05) is 11.4 Å². The van der Waals surface area contributed by atoms with Crippen LogP contribution in [0, 0.1) is 5.92 Å². The molecule has 0 spiro atoms. The summed E-state index contributed by atoms with van der Waals surface area (Å²) >= 11 is 0. The van der Waals surface area contributed by atoms with Crippen LogP contribution in [0.2, 0.25) is 0 Å². The van der Waals surface area contributed by atoms with Gasteiger partial charge in [0.05, 0.1) is 11.2 Å². The van der Waals surface area contributed by atoms with Crippen LogP contribution in [0.3, 0.4) is 0 Å². The van der Waals surface area contributed by atoms with Crippen LogP contribution in [0.25, 0.3) is 11.0 Å². The number of benzene rings is 2. The van der Waals surface area contributed by atoms with Gasteiger partial charge in [0.25, 0.3) is 0 Å². The first-order valence-electron chi connectivity index (χ1n) is 9.68. The van der Waals surface area contributed by atoms with Gasteiger partial charge in [0.1, 0.15) is 5.58 Å². The molecule has 0 aliphatic rings. The van der Waals surface area contributed by atoms with Crippen LogP contribution < -0.4 is 10.0 Å². The molecule has 28 heavy (non-hydrogen) atoms. The third-order valence-electron chi connectivity index (χ3n) is 4.60. The van der Waals surface area contributed by atoms with Crippen molar-refractivity contribution in [2.24, 2.45) is 5.92 Å². The summed E-state index contributed by atoms with van der Waals surface area (Å²) < 4.78 is 34.2. The lowest BCUT2D eigenvalue weighted by Crippen LogP contribution is -2.39. The third-order valence-corrected chi connectivity index (χ3v) is 6.12. The third kappa shape index (κ3) is 5.67. The van der Waals surface area contributed by atoms with E-state index in [2.05, 4.69) is 23.9 Å². The standard InChI is InChI=1S/C22H28N2O3S/c1-17(2)16-23-12-10-20(14-18-6-4-3-5-7-18)24-28(25,26)21-8-9-22-19(15-21)11-13-27-22/h3-9,11,13,15,17,20,23-24H,10,12,14,16H2,1-2H3/t20-/m1/s1. The van der Waals surface area contributed by atoms with E-state index in [0.29, 0.717) is 17.9 Å². The van der Waals surface area contributed by atoms with Gasteiger partial charge in [-0.25, -0.2) is 13.1 Å². The lowest BCUT2D eigenvalue weighted by atomic mass is 10.0. The zero-order valence-corrected chi connectivity index (χ0v) is 17.2. The molecule has 0 unspecified atom stereocenters. The maximum Gasteiger partial charge on any atom is 0.240 e. The van der Waals surface area contributed by atoms with E-state index in [-0.39, 0.29) is 10.9 Å². The lowest BCUT2D eigenvalue weighted by Gasteiger charge is -2.20. The fourth-order valence-corrected chi connectivity index (χ4v) is 4.47. The lowest BCUT2D eigenvalue weighted by molar-refractivity contribution is 0.484. The van der Waals surface area contributed by atoms with E-state index >= 15 is 0 Å². The van der Waals surface area contributed by atoms with Crippen LogP contribution >= 0.6 is 0 Å². The van der Waals surface area contributed by atoms with Gasteiger partial charge in [-0.1, -0.05) is 44.2 Å². The highest BCUT2D eigenvalue weighted by molar-refractivity contribution is 7.89. The Morgan fingerprint density at radius 2 is 1.82 bits per heavy atom. The zero-order chi connectivity index (χ0) is 20.0. The Morgan fingerprint density at radius 3 is 2.57 bits per heavy atom. The van der Waals surface area contributed by atoms with Crippen LogP contribution in [0.4, 0.5) is 0 Å². The van der Waals surface area contributed by atoms with Crippen LogP contribution in [-0.2, 0) is 16.4 Å². The van der Waals surface area contributed by atoms with Crippen molar-refractivity contribution >= 4 is 21.0 Å². The molecule has 3 aromatic rings. The Hall–Kier alpha value is -2.15. The van der Waals surface area contributed by atoms with Crippen molar-refractivity contribution in [3.8, 4) is 0 Å². The maximum absolute atomic E-state index is 13.0. The summed E-state index contributed by atoms with van der Waals surface area (Å²) in [6, 6.07) is 16.5. The fourth-order valence-electron chi connectivity index (χ4n) is 3.17. The average Bonchev–Trinajstić information content (AvgIpc) is 3.13. The molecule has 2 aromatic carbocycles. The van der Waals surface area contributed by atoms with Gasteiger partial charge in [-0.15, -0.1) is 0 Å². The van der Waals surface area contributed by atoms with Crippen LogP contribution in [0.5, 0.6) is 0 Å². The monoisotopic (exact) mass is 400 g/mol. The van der Waals surface area contributed by atoms with E-state index in [9.17, 15) is 8.42 Å². The van der Waals surface area contributed by atoms with Gasteiger partial charge in [-0.3, -0.25) is 0 Å². The van der Waals surface area contributed by atoms with Gasteiger partial charge in [0.15, 0.2) is 0 Å². The molecule has 1 atom stereocenters. The molecule has 0 saturated carbocycles. The number of hydrogen-bond acceptors (Lipinski definition) is 4. The molecule has 1 aromatic heterocycles. The molecule has 0 radical (unpaired) electrons. The minimum absolute atomic E-state index is 0.188. The van der Waals surface area contributed by atoms with E-state index in [4.69, 9.17) is 4.42 Å². The summed E-state index contributed by atoms with van der Waals surface area (Å²) in [4.78, 5) is 0.259. The first-order chi connectivity index (χ1) is 13.4. The molecule has 0 bridgehead atoms. The predicted molar refractivity (Wildman–Crippen MR) is 113 cm³/mol. The summed E-state index contributed by atoms with van der Waals surface area (Å²) in [6.07, 6.45) is 2.93. The highest BCUT2D eigenvalue weighted by Gasteiger charge is 2.21. The average molecular weight is 401 g/mol. The van der Waals surface area contributed by atoms with Gasteiger partial charge in [-0.2, -0.15) is 0 Å². The van der Waals surface area contributed by atoms with Gasteiger partial charge >= 0.3 is 0 Å². The number of fused-ring (bicyclic) bond motifs is 1. The predicted octanol–water partition coefficient (Wildman–Crippen LogP) is 3.96. The van der Waals surface area contributed by atoms with Crippen molar-refractivity contribution in [1.82, 2.24) is 10.0 Å². The maximum atomic E-state index is 13.0.